The normalized spacial score (nSPS) is 28.0. The molecule has 2 fully saturated rings. The fraction of sp³-hybridized carbons (Fsp3) is 0.600. The summed E-state index contributed by atoms with van der Waals surface area (Å²) in [6.07, 6.45) is 1.83. The summed E-state index contributed by atoms with van der Waals surface area (Å²) in [7, 11) is -1.68. The Bertz CT molecular complexity index is 704. The zero-order valence-electron chi connectivity index (χ0n) is 12.9. The Morgan fingerprint density at radius 1 is 1.17 bits per heavy atom. The maximum atomic E-state index is 12.6. The van der Waals surface area contributed by atoms with Crippen molar-refractivity contribution in [2.75, 3.05) is 26.9 Å². The lowest BCUT2D eigenvalue weighted by Gasteiger charge is -2.25. The van der Waals surface area contributed by atoms with E-state index in [4.69, 9.17) is 14.3 Å². The maximum absolute atomic E-state index is 12.6. The lowest BCUT2D eigenvalue weighted by Crippen LogP contribution is -2.40. The van der Waals surface area contributed by atoms with Crippen LogP contribution in [0.4, 0.5) is 0 Å². The molecule has 1 aliphatic carbocycles. The van der Waals surface area contributed by atoms with Gasteiger partial charge in [0.25, 0.3) is 0 Å². The van der Waals surface area contributed by atoms with Gasteiger partial charge in [0, 0.05) is 13.1 Å². The van der Waals surface area contributed by atoms with Gasteiger partial charge in [-0.15, -0.1) is 0 Å². The summed E-state index contributed by atoms with van der Waals surface area (Å²) in [4.78, 5) is 5.51. The van der Waals surface area contributed by atoms with Crippen LogP contribution in [-0.4, -0.2) is 51.6 Å². The van der Waals surface area contributed by atoms with Crippen molar-refractivity contribution in [1.82, 2.24) is 9.79 Å². The quantitative estimate of drug-likeness (QED) is 0.875. The first-order valence-electron chi connectivity index (χ1n) is 7.81. The summed E-state index contributed by atoms with van der Waals surface area (Å²) in [6.45, 7) is 1.18. The third kappa shape index (κ3) is 2.91. The van der Waals surface area contributed by atoms with Gasteiger partial charge >= 0.3 is 0 Å². The Balaban J connectivity index is 1.64. The van der Waals surface area contributed by atoms with E-state index >= 15 is 0 Å². The Labute approximate surface area is 135 Å². The van der Waals surface area contributed by atoms with Crippen molar-refractivity contribution in [2.24, 2.45) is 0 Å². The van der Waals surface area contributed by atoms with Crippen LogP contribution in [0.2, 0.25) is 0 Å². The molecule has 126 valence electrons. The van der Waals surface area contributed by atoms with Gasteiger partial charge in [0.15, 0.2) is 11.5 Å². The first-order valence-corrected chi connectivity index (χ1v) is 9.36. The summed E-state index contributed by atoms with van der Waals surface area (Å²) >= 11 is 0. The van der Waals surface area contributed by atoms with Crippen LogP contribution < -0.4 is 14.2 Å². The average Bonchev–Trinajstić information content (AvgIpc) is 3.24. The number of hydrogen-bond donors (Lipinski definition) is 1. The standard InChI is InChI=1S/C15H20N2O5S/c1-17-15(10-2-5-12-13(8-10)21-7-6-20-12)14(9-22-17)23(18,19)16-11-3-4-11/h2,5,8,11,14-16H,3-4,6-7,9H2,1H3. The van der Waals surface area contributed by atoms with E-state index in [1.165, 1.54) is 0 Å². The van der Waals surface area contributed by atoms with Crippen molar-refractivity contribution in [3.8, 4) is 11.5 Å². The highest BCUT2D eigenvalue weighted by Gasteiger charge is 2.45. The molecular weight excluding hydrogens is 320 g/mol. The van der Waals surface area contributed by atoms with Gasteiger partial charge in [0.1, 0.15) is 18.5 Å². The van der Waals surface area contributed by atoms with Crippen LogP contribution in [0.5, 0.6) is 11.5 Å². The van der Waals surface area contributed by atoms with Crippen molar-refractivity contribution in [3.05, 3.63) is 23.8 Å². The highest BCUT2D eigenvalue weighted by molar-refractivity contribution is 7.90. The smallest absolute Gasteiger partial charge is 0.219 e. The van der Waals surface area contributed by atoms with Gasteiger partial charge in [0.05, 0.1) is 12.6 Å². The summed E-state index contributed by atoms with van der Waals surface area (Å²) in [5, 5.41) is 0.970. The number of sulfonamides is 1. The topological polar surface area (TPSA) is 77.1 Å². The highest BCUT2D eigenvalue weighted by Crippen LogP contribution is 2.39. The molecule has 0 bridgehead atoms. The summed E-state index contributed by atoms with van der Waals surface area (Å²) in [5.74, 6) is 1.34. The molecule has 1 aromatic carbocycles. The van der Waals surface area contributed by atoms with Crippen LogP contribution >= 0.6 is 0 Å². The Kier molecular flexibility index (Phi) is 3.72. The van der Waals surface area contributed by atoms with Gasteiger partial charge in [-0.25, -0.2) is 13.1 Å². The van der Waals surface area contributed by atoms with Crippen molar-refractivity contribution in [2.45, 2.75) is 30.2 Å². The molecule has 2 aliphatic heterocycles. The Morgan fingerprint density at radius 2 is 1.91 bits per heavy atom. The van der Waals surface area contributed by atoms with Gasteiger partial charge < -0.3 is 9.47 Å². The molecule has 1 saturated carbocycles. The Morgan fingerprint density at radius 3 is 2.65 bits per heavy atom. The van der Waals surface area contributed by atoms with E-state index in [9.17, 15) is 8.42 Å². The number of nitrogens with one attached hydrogen (secondary N) is 1. The predicted octanol–water partition coefficient (Wildman–Crippen LogP) is 0.826. The van der Waals surface area contributed by atoms with Crippen LogP contribution in [0.15, 0.2) is 18.2 Å². The number of fused-ring (bicyclic) bond motifs is 1. The first-order chi connectivity index (χ1) is 11.0. The second-order valence-electron chi connectivity index (χ2n) is 6.17. The van der Waals surface area contributed by atoms with Gasteiger partial charge in [-0.1, -0.05) is 6.07 Å². The van der Waals surface area contributed by atoms with E-state index in [-0.39, 0.29) is 18.7 Å². The molecule has 0 amide bonds. The van der Waals surface area contributed by atoms with E-state index in [0.29, 0.717) is 24.7 Å². The van der Waals surface area contributed by atoms with Crippen LogP contribution in [0, 0.1) is 0 Å². The average molecular weight is 340 g/mol. The largest absolute Gasteiger partial charge is 0.486 e. The van der Waals surface area contributed by atoms with E-state index in [2.05, 4.69) is 4.72 Å². The van der Waals surface area contributed by atoms with E-state index in [1.807, 2.05) is 18.2 Å². The molecule has 1 aromatic rings. The lowest BCUT2D eigenvalue weighted by atomic mass is 10.0. The zero-order valence-corrected chi connectivity index (χ0v) is 13.7. The third-order valence-corrected chi connectivity index (χ3v) is 6.25. The van der Waals surface area contributed by atoms with Gasteiger partial charge in [-0.05, 0) is 30.5 Å². The second-order valence-corrected chi connectivity index (χ2v) is 8.10. The molecule has 4 rings (SSSR count). The fourth-order valence-electron chi connectivity index (χ4n) is 3.05. The SMILES string of the molecule is CN1OCC(S(=O)(=O)NC2CC2)C1c1ccc2c(c1)OCCO2. The number of hydroxylamine groups is 2. The number of benzene rings is 1. The van der Waals surface area contributed by atoms with E-state index < -0.39 is 15.3 Å². The fourth-order valence-corrected chi connectivity index (χ4v) is 4.83. The minimum atomic E-state index is -3.44. The Hall–Kier alpha value is -1.35. The van der Waals surface area contributed by atoms with Crippen LogP contribution in [0.25, 0.3) is 0 Å². The van der Waals surface area contributed by atoms with Gasteiger partial charge in [0.2, 0.25) is 10.0 Å². The number of ether oxygens (including phenoxy) is 2. The molecule has 3 aliphatic rings. The molecule has 0 spiro atoms. The summed E-state index contributed by atoms with van der Waals surface area (Å²) in [6, 6.07) is 5.27. The molecule has 2 heterocycles. The van der Waals surface area contributed by atoms with Crippen LogP contribution in [-0.2, 0) is 14.9 Å². The predicted molar refractivity (Wildman–Crippen MR) is 82.8 cm³/mol. The monoisotopic (exact) mass is 340 g/mol. The minimum absolute atomic E-state index is 0.0897. The molecule has 1 N–H and O–H groups in total. The third-order valence-electron chi connectivity index (χ3n) is 4.40. The van der Waals surface area contributed by atoms with Crippen molar-refractivity contribution in [3.63, 3.8) is 0 Å². The van der Waals surface area contributed by atoms with Crippen molar-refractivity contribution in [1.29, 1.82) is 0 Å². The molecule has 0 radical (unpaired) electrons. The van der Waals surface area contributed by atoms with Gasteiger partial charge in [-0.3, -0.25) is 4.84 Å². The number of rotatable bonds is 4. The molecule has 2 unspecified atom stereocenters. The van der Waals surface area contributed by atoms with E-state index in [1.54, 1.807) is 12.1 Å². The maximum Gasteiger partial charge on any atom is 0.219 e. The van der Waals surface area contributed by atoms with Crippen molar-refractivity contribution >= 4 is 10.0 Å². The second kappa shape index (κ2) is 5.62. The molecule has 8 heteroatoms. The zero-order chi connectivity index (χ0) is 16.0. The van der Waals surface area contributed by atoms with Gasteiger partial charge in [-0.2, -0.15) is 5.06 Å². The van der Waals surface area contributed by atoms with Crippen LogP contribution in [0.3, 0.4) is 0 Å². The summed E-state index contributed by atoms with van der Waals surface area (Å²) < 4.78 is 39.1. The number of hydrogen-bond acceptors (Lipinski definition) is 6. The number of nitrogens with zero attached hydrogens (tertiary/aromatic N) is 1. The van der Waals surface area contributed by atoms with E-state index in [0.717, 1.165) is 18.4 Å². The lowest BCUT2D eigenvalue weighted by molar-refractivity contribution is -0.110. The van der Waals surface area contributed by atoms with Crippen LogP contribution in [0.1, 0.15) is 24.4 Å². The summed E-state index contributed by atoms with van der Waals surface area (Å²) in [5.41, 5.74) is 0.848. The first kappa shape index (κ1) is 15.2. The molecule has 0 aromatic heterocycles. The molecule has 1 saturated heterocycles. The van der Waals surface area contributed by atoms with Crippen molar-refractivity contribution < 1.29 is 22.7 Å². The molecule has 2 atom stereocenters. The molecular formula is C15H20N2O5S. The molecule has 23 heavy (non-hydrogen) atoms. The highest BCUT2D eigenvalue weighted by atomic mass is 32.2. The minimum Gasteiger partial charge on any atom is -0.486 e. The molecule has 7 nitrogen and oxygen atoms in total.